The van der Waals surface area contributed by atoms with E-state index in [0.717, 1.165) is 30.9 Å². The summed E-state index contributed by atoms with van der Waals surface area (Å²) < 4.78 is 0. The molecule has 0 aliphatic carbocycles. The van der Waals surface area contributed by atoms with Gasteiger partial charge in [0.1, 0.15) is 6.04 Å². The molecule has 1 aliphatic rings. The molecule has 0 aromatic heterocycles. The number of carbonyl (C=O) groups excluding carboxylic acids is 1. The molecule has 18 heavy (non-hydrogen) atoms. The SMILES string of the molecule is Cc1ccccc1NC(=O)C1CN(C)CCN1C. The Balaban J connectivity index is 2.05. The number of rotatable bonds is 2. The molecule has 4 heteroatoms. The van der Waals surface area contributed by atoms with Crippen molar-refractivity contribution >= 4 is 11.6 Å². The van der Waals surface area contributed by atoms with Crippen LogP contribution in [0.15, 0.2) is 24.3 Å². The van der Waals surface area contributed by atoms with Gasteiger partial charge in [-0.1, -0.05) is 18.2 Å². The smallest absolute Gasteiger partial charge is 0.243 e. The number of para-hydroxylation sites is 1. The van der Waals surface area contributed by atoms with Gasteiger partial charge in [0.15, 0.2) is 0 Å². The molecule has 1 aliphatic heterocycles. The lowest BCUT2D eigenvalue weighted by Gasteiger charge is -2.36. The Morgan fingerprint density at radius 3 is 2.72 bits per heavy atom. The summed E-state index contributed by atoms with van der Waals surface area (Å²) in [6, 6.07) is 7.81. The Bertz CT molecular complexity index is 433. The molecule has 0 saturated carbocycles. The van der Waals surface area contributed by atoms with Gasteiger partial charge in [-0.25, -0.2) is 0 Å². The van der Waals surface area contributed by atoms with Crippen LogP contribution in [0, 0.1) is 6.92 Å². The number of amides is 1. The van der Waals surface area contributed by atoms with Crippen LogP contribution in [0.5, 0.6) is 0 Å². The number of benzene rings is 1. The molecule has 1 N–H and O–H groups in total. The van der Waals surface area contributed by atoms with Crippen LogP contribution in [0.25, 0.3) is 0 Å². The van der Waals surface area contributed by atoms with Gasteiger partial charge in [0.25, 0.3) is 0 Å². The highest BCUT2D eigenvalue weighted by Gasteiger charge is 2.28. The monoisotopic (exact) mass is 247 g/mol. The molecule has 1 atom stereocenters. The summed E-state index contributed by atoms with van der Waals surface area (Å²) in [5.74, 6) is 0.0818. The van der Waals surface area contributed by atoms with E-state index in [4.69, 9.17) is 0 Å². The number of aryl methyl sites for hydroxylation is 1. The van der Waals surface area contributed by atoms with Gasteiger partial charge >= 0.3 is 0 Å². The standard InChI is InChI=1S/C14H21N3O/c1-11-6-4-5-7-12(11)15-14(18)13-10-16(2)8-9-17(13)3/h4-7,13H,8-10H2,1-3H3,(H,15,18). The van der Waals surface area contributed by atoms with Crippen molar-refractivity contribution in [2.45, 2.75) is 13.0 Å². The van der Waals surface area contributed by atoms with Crippen LogP contribution >= 0.6 is 0 Å². The predicted octanol–water partition coefficient (Wildman–Crippen LogP) is 1.18. The van der Waals surface area contributed by atoms with Gasteiger partial charge in [0, 0.05) is 25.3 Å². The van der Waals surface area contributed by atoms with E-state index in [0.29, 0.717) is 0 Å². The zero-order valence-corrected chi connectivity index (χ0v) is 11.3. The van der Waals surface area contributed by atoms with Crippen molar-refractivity contribution in [3.05, 3.63) is 29.8 Å². The zero-order valence-electron chi connectivity index (χ0n) is 11.3. The van der Waals surface area contributed by atoms with Crippen molar-refractivity contribution in [1.82, 2.24) is 9.80 Å². The second-order valence-electron chi connectivity index (χ2n) is 5.06. The van der Waals surface area contributed by atoms with Crippen molar-refractivity contribution in [3.8, 4) is 0 Å². The van der Waals surface area contributed by atoms with Crippen molar-refractivity contribution in [2.24, 2.45) is 0 Å². The molecule has 0 bridgehead atoms. The highest BCUT2D eigenvalue weighted by Crippen LogP contribution is 2.15. The zero-order chi connectivity index (χ0) is 13.1. The van der Waals surface area contributed by atoms with E-state index in [9.17, 15) is 4.79 Å². The Morgan fingerprint density at radius 1 is 1.28 bits per heavy atom. The van der Waals surface area contributed by atoms with E-state index in [1.807, 2.05) is 38.2 Å². The van der Waals surface area contributed by atoms with Crippen LogP contribution in [-0.4, -0.2) is 55.5 Å². The first kappa shape index (κ1) is 13.1. The van der Waals surface area contributed by atoms with Crippen molar-refractivity contribution in [2.75, 3.05) is 39.0 Å². The van der Waals surface area contributed by atoms with Crippen LogP contribution in [0.3, 0.4) is 0 Å². The van der Waals surface area contributed by atoms with Crippen molar-refractivity contribution in [1.29, 1.82) is 0 Å². The van der Waals surface area contributed by atoms with Crippen LogP contribution in [0.1, 0.15) is 5.56 Å². The van der Waals surface area contributed by atoms with Gasteiger partial charge in [-0.15, -0.1) is 0 Å². The first-order valence-corrected chi connectivity index (χ1v) is 6.33. The minimum atomic E-state index is -0.0663. The fraction of sp³-hybridized carbons (Fsp3) is 0.500. The van der Waals surface area contributed by atoms with Gasteiger partial charge in [-0.3, -0.25) is 9.69 Å². The van der Waals surface area contributed by atoms with Gasteiger partial charge in [0.2, 0.25) is 5.91 Å². The highest BCUT2D eigenvalue weighted by molar-refractivity contribution is 5.95. The number of piperazine rings is 1. The third kappa shape index (κ3) is 2.89. The average molecular weight is 247 g/mol. The van der Waals surface area contributed by atoms with E-state index in [-0.39, 0.29) is 11.9 Å². The number of carbonyl (C=O) groups is 1. The number of likely N-dealkylation sites (N-methyl/N-ethyl adjacent to an activating group) is 2. The van der Waals surface area contributed by atoms with Gasteiger partial charge in [-0.2, -0.15) is 0 Å². The first-order valence-electron chi connectivity index (χ1n) is 6.33. The number of nitrogens with zero attached hydrogens (tertiary/aromatic N) is 2. The summed E-state index contributed by atoms with van der Waals surface area (Å²) in [4.78, 5) is 16.6. The van der Waals surface area contributed by atoms with Crippen molar-refractivity contribution < 1.29 is 4.79 Å². The number of nitrogens with one attached hydrogen (secondary N) is 1. The minimum absolute atomic E-state index is 0.0663. The summed E-state index contributed by atoms with van der Waals surface area (Å²) in [6.07, 6.45) is 0. The Morgan fingerprint density at radius 2 is 2.00 bits per heavy atom. The average Bonchev–Trinajstić information content (AvgIpc) is 2.35. The van der Waals surface area contributed by atoms with Gasteiger partial charge in [-0.05, 0) is 32.6 Å². The van der Waals surface area contributed by atoms with Gasteiger partial charge < -0.3 is 10.2 Å². The molecular weight excluding hydrogens is 226 g/mol. The van der Waals surface area contributed by atoms with E-state index >= 15 is 0 Å². The van der Waals surface area contributed by atoms with Crippen LogP contribution in [-0.2, 0) is 4.79 Å². The molecule has 0 radical (unpaired) electrons. The van der Waals surface area contributed by atoms with E-state index in [2.05, 4.69) is 22.2 Å². The van der Waals surface area contributed by atoms with E-state index in [1.165, 1.54) is 0 Å². The minimum Gasteiger partial charge on any atom is -0.324 e. The lowest BCUT2D eigenvalue weighted by molar-refractivity contribution is -0.122. The fourth-order valence-electron chi connectivity index (χ4n) is 2.22. The molecule has 1 amide bonds. The summed E-state index contributed by atoms with van der Waals surface area (Å²) in [5, 5.41) is 3.02. The number of anilines is 1. The van der Waals surface area contributed by atoms with Crippen LogP contribution < -0.4 is 5.32 Å². The molecule has 1 unspecified atom stereocenters. The molecule has 1 aromatic rings. The van der Waals surface area contributed by atoms with Gasteiger partial charge in [0.05, 0.1) is 0 Å². The molecule has 1 saturated heterocycles. The topological polar surface area (TPSA) is 35.6 Å². The molecule has 4 nitrogen and oxygen atoms in total. The van der Waals surface area contributed by atoms with Crippen LogP contribution in [0.4, 0.5) is 5.69 Å². The van der Waals surface area contributed by atoms with E-state index < -0.39 is 0 Å². The molecule has 2 rings (SSSR count). The summed E-state index contributed by atoms with van der Waals surface area (Å²) in [5.41, 5.74) is 2.00. The Hall–Kier alpha value is -1.39. The normalized spacial score (nSPS) is 21.8. The molecule has 0 spiro atoms. The van der Waals surface area contributed by atoms with Crippen molar-refractivity contribution in [3.63, 3.8) is 0 Å². The maximum atomic E-state index is 12.3. The first-order chi connectivity index (χ1) is 8.58. The molecule has 98 valence electrons. The quantitative estimate of drug-likeness (QED) is 0.852. The maximum absolute atomic E-state index is 12.3. The second kappa shape index (κ2) is 5.50. The third-order valence-electron chi connectivity index (χ3n) is 3.56. The lowest BCUT2D eigenvalue weighted by Crippen LogP contribution is -2.55. The van der Waals surface area contributed by atoms with Crippen LogP contribution in [0.2, 0.25) is 0 Å². The second-order valence-corrected chi connectivity index (χ2v) is 5.06. The lowest BCUT2D eigenvalue weighted by atomic mass is 10.1. The Labute approximate surface area is 109 Å². The predicted molar refractivity (Wildman–Crippen MR) is 73.7 cm³/mol. The number of hydrogen-bond donors (Lipinski definition) is 1. The summed E-state index contributed by atoms with van der Waals surface area (Å²) in [6.45, 7) is 4.74. The maximum Gasteiger partial charge on any atom is 0.243 e. The fourth-order valence-corrected chi connectivity index (χ4v) is 2.22. The number of hydrogen-bond acceptors (Lipinski definition) is 3. The van der Waals surface area contributed by atoms with E-state index in [1.54, 1.807) is 0 Å². The summed E-state index contributed by atoms with van der Waals surface area (Å²) >= 11 is 0. The Kier molecular flexibility index (Phi) is 3.99. The molecular formula is C14H21N3O. The third-order valence-corrected chi connectivity index (χ3v) is 3.56. The largest absolute Gasteiger partial charge is 0.324 e. The summed E-state index contributed by atoms with van der Waals surface area (Å²) in [7, 11) is 4.07. The highest BCUT2D eigenvalue weighted by atomic mass is 16.2. The molecule has 1 fully saturated rings. The molecule has 1 aromatic carbocycles. The molecule has 1 heterocycles.